The first kappa shape index (κ1) is 13.1. The lowest BCUT2D eigenvalue weighted by Gasteiger charge is -2.16. The van der Waals surface area contributed by atoms with E-state index in [2.05, 4.69) is 39.8 Å². The molecule has 1 nitrogen and oxygen atoms in total. The molecule has 0 saturated heterocycles. The maximum Gasteiger partial charge on any atom is 0.194 e. The predicted molar refractivity (Wildman–Crippen MR) is 83.5 cm³/mol. The standard InChI is InChI=1S/C19H20O/c1-11(2)13-7-5-9-15-17(13)18-14(12(3)4)8-6-10-16(18)19(15)20/h5-12H,1-4H3. The van der Waals surface area contributed by atoms with Crippen molar-refractivity contribution < 1.29 is 4.79 Å². The molecule has 0 heterocycles. The molecule has 3 rings (SSSR count). The summed E-state index contributed by atoms with van der Waals surface area (Å²) in [5.41, 5.74) is 6.66. The molecule has 0 spiro atoms. The minimum Gasteiger partial charge on any atom is -0.289 e. The van der Waals surface area contributed by atoms with Gasteiger partial charge in [0.05, 0.1) is 0 Å². The second-order valence-electron chi connectivity index (χ2n) is 6.18. The minimum absolute atomic E-state index is 0.181. The van der Waals surface area contributed by atoms with Crippen LogP contribution in [-0.2, 0) is 0 Å². The fourth-order valence-corrected chi connectivity index (χ4v) is 3.18. The van der Waals surface area contributed by atoms with Crippen LogP contribution in [0.4, 0.5) is 0 Å². The molecular formula is C19H20O. The molecule has 102 valence electrons. The highest BCUT2D eigenvalue weighted by Gasteiger charge is 2.31. The van der Waals surface area contributed by atoms with Crippen LogP contribution in [0.1, 0.15) is 66.6 Å². The first-order valence-electron chi connectivity index (χ1n) is 7.33. The lowest BCUT2D eigenvalue weighted by Crippen LogP contribution is -1.97. The Labute approximate surface area is 120 Å². The van der Waals surface area contributed by atoms with Crippen molar-refractivity contribution in [2.45, 2.75) is 39.5 Å². The molecule has 0 saturated carbocycles. The maximum absolute atomic E-state index is 12.6. The van der Waals surface area contributed by atoms with E-state index in [-0.39, 0.29) is 5.78 Å². The Bertz CT molecular complexity index is 633. The van der Waals surface area contributed by atoms with E-state index in [1.165, 1.54) is 22.3 Å². The molecule has 0 fully saturated rings. The molecule has 20 heavy (non-hydrogen) atoms. The van der Waals surface area contributed by atoms with Crippen LogP contribution in [0, 0.1) is 0 Å². The summed E-state index contributed by atoms with van der Waals surface area (Å²) < 4.78 is 0. The number of rotatable bonds is 2. The van der Waals surface area contributed by atoms with Gasteiger partial charge in [0.25, 0.3) is 0 Å². The molecule has 0 aromatic heterocycles. The van der Waals surface area contributed by atoms with Gasteiger partial charge in [-0.25, -0.2) is 0 Å². The summed E-state index contributed by atoms with van der Waals surface area (Å²) in [7, 11) is 0. The molecular weight excluding hydrogens is 244 g/mol. The lowest BCUT2D eigenvalue weighted by atomic mass is 9.87. The third-order valence-corrected chi connectivity index (χ3v) is 4.18. The molecule has 0 atom stereocenters. The molecule has 0 aliphatic heterocycles. The van der Waals surface area contributed by atoms with Gasteiger partial charge in [-0.05, 0) is 34.1 Å². The van der Waals surface area contributed by atoms with Gasteiger partial charge in [0.1, 0.15) is 0 Å². The second-order valence-corrected chi connectivity index (χ2v) is 6.18. The van der Waals surface area contributed by atoms with Crippen LogP contribution in [0.2, 0.25) is 0 Å². The summed E-state index contributed by atoms with van der Waals surface area (Å²) in [6.07, 6.45) is 0. The summed E-state index contributed by atoms with van der Waals surface area (Å²) in [6, 6.07) is 12.3. The summed E-state index contributed by atoms with van der Waals surface area (Å²) in [6.45, 7) is 8.76. The van der Waals surface area contributed by atoms with E-state index in [1.807, 2.05) is 24.3 Å². The van der Waals surface area contributed by atoms with E-state index < -0.39 is 0 Å². The SMILES string of the molecule is CC(C)c1cccc2c1-c1c(cccc1C(C)C)C2=O. The zero-order chi connectivity index (χ0) is 14.4. The van der Waals surface area contributed by atoms with E-state index >= 15 is 0 Å². The number of carbonyl (C=O) groups is 1. The molecule has 1 aliphatic carbocycles. The van der Waals surface area contributed by atoms with E-state index in [0.29, 0.717) is 11.8 Å². The van der Waals surface area contributed by atoms with Crippen LogP contribution in [0.25, 0.3) is 11.1 Å². The molecule has 1 heteroatoms. The molecule has 0 amide bonds. The van der Waals surface area contributed by atoms with Crippen molar-refractivity contribution >= 4 is 5.78 Å². The van der Waals surface area contributed by atoms with Crippen LogP contribution < -0.4 is 0 Å². The van der Waals surface area contributed by atoms with Gasteiger partial charge in [-0.15, -0.1) is 0 Å². The number of hydrogen-bond donors (Lipinski definition) is 0. The summed E-state index contributed by atoms with van der Waals surface area (Å²) in [5.74, 6) is 1.02. The molecule has 0 unspecified atom stereocenters. The van der Waals surface area contributed by atoms with Gasteiger partial charge < -0.3 is 0 Å². The smallest absolute Gasteiger partial charge is 0.194 e. The average molecular weight is 264 g/mol. The normalized spacial score (nSPS) is 13.0. The second kappa shape index (κ2) is 4.59. The summed E-state index contributed by atoms with van der Waals surface area (Å²) in [5, 5.41) is 0. The first-order chi connectivity index (χ1) is 9.52. The molecule has 0 N–H and O–H groups in total. The number of hydrogen-bond acceptors (Lipinski definition) is 1. The largest absolute Gasteiger partial charge is 0.289 e. The van der Waals surface area contributed by atoms with Gasteiger partial charge in [-0.2, -0.15) is 0 Å². The van der Waals surface area contributed by atoms with E-state index in [1.54, 1.807) is 0 Å². The van der Waals surface area contributed by atoms with Gasteiger partial charge in [-0.1, -0.05) is 64.1 Å². The average Bonchev–Trinajstić information content (AvgIpc) is 2.72. The number of ketones is 1. The van der Waals surface area contributed by atoms with Crippen molar-refractivity contribution in [3.8, 4) is 11.1 Å². The first-order valence-corrected chi connectivity index (χ1v) is 7.33. The maximum atomic E-state index is 12.6. The highest BCUT2D eigenvalue weighted by Crippen LogP contribution is 2.44. The fraction of sp³-hybridized carbons (Fsp3) is 0.316. The Morgan fingerprint density at radius 3 is 1.45 bits per heavy atom. The van der Waals surface area contributed by atoms with Crippen molar-refractivity contribution in [3.63, 3.8) is 0 Å². The Kier molecular flexibility index (Phi) is 3.01. The highest BCUT2D eigenvalue weighted by atomic mass is 16.1. The molecule has 1 aliphatic rings. The van der Waals surface area contributed by atoms with Crippen LogP contribution in [0.15, 0.2) is 36.4 Å². The zero-order valence-corrected chi connectivity index (χ0v) is 12.5. The fourth-order valence-electron chi connectivity index (χ4n) is 3.18. The van der Waals surface area contributed by atoms with Gasteiger partial charge in [0.15, 0.2) is 5.78 Å². The van der Waals surface area contributed by atoms with Crippen LogP contribution in [-0.4, -0.2) is 5.78 Å². The van der Waals surface area contributed by atoms with Gasteiger partial charge in [-0.3, -0.25) is 4.79 Å². The van der Waals surface area contributed by atoms with E-state index in [4.69, 9.17) is 0 Å². The van der Waals surface area contributed by atoms with Gasteiger partial charge >= 0.3 is 0 Å². The highest BCUT2D eigenvalue weighted by molar-refractivity contribution is 6.22. The van der Waals surface area contributed by atoms with Crippen molar-refractivity contribution in [2.75, 3.05) is 0 Å². The van der Waals surface area contributed by atoms with Gasteiger partial charge in [0, 0.05) is 11.1 Å². The molecule has 0 bridgehead atoms. The van der Waals surface area contributed by atoms with Crippen LogP contribution in [0.5, 0.6) is 0 Å². The summed E-state index contributed by atoms with van der Waals surface area (Å²) in [4.78, 5) is 12.6. The monoisotopic (exact) mass is 264 g/mol. The van der Waals surface area contributed by atoms with Crippen molar-refractivity contribution in [2.24, 2.45) is 0 Å². The van der Waals surface area contributed by atoms with Crippen molar-refractivity contribution in [1.29, 1.82) is 0 Å². The van der Waals surface area contributed by atoms with E-state index in [9.17, 15) is 4.79 Å². The number of benzene rings is 2. The molecule has 0 radical (unpaired) electrons. The third-order valence-electron chi connectivity index (χ3n) is 4.18. The predicted octanol–water partition coefficient (Wildman–Crippen LogP) is 5.14. The van der Waals surface area contributed by atoms with E-state index in [0.717, 1.165) is 11.1 Å². The third kappa shape index (κ3) is 1.73. The van der Waals surface area contributed by atoms with Crippen LogP contribution >= 0.6 is 0 Å². The zero-order valence-electron chi connectivity index (χ0n) is 12.5. The number of fused-ring (bicyclic) bond motifs is 3. The quantitative estimate of drug-likeness (QED) is 0.626. The Hall–Kier alpha value is -1.89. The van der Waals surface area contributed by atoms with Crippen molar-refractivity contribution in [1.82, 2.24) is 0 Å². The Morgan fingerprint density at radius 2 is 1.10 bits per heavy atom. The summed E-state index contributed by atoms with van der Waals surface area (Å²) >= 11 is 0. The molecule has 2 aromatic rings. The van der Waals surface area contributed by atoms with Crippen LogP contribution in [0.3, 0.4) is 0 Å². The topological polar surface area (TPSA) is 17.1 Å². The van der Waals surface area contributed by atoms with Crippen molar-refractivity contribution in [3.05, 3.63) is 58.7 Å². The lowest BCUT2D eigenvalue weighted by molar-refractivity contribution is 0.104. The Balaban J connectivity index is 2.40. The number of carbonyl (C=O) groups excluding carboxylic acids is 1. The Morgan fingerprint density at radius 1 is 0.700 bits per heavy atom. The minimum atomic E-state index is 0.181. The molecule has 2 aromatic carbocycles. The van der Waals surface area contributed by atoms with Gasteiger partial charge in [0.2, 0.25) is 0 Å².